The summed E-state index contributed by atoms with van der Waals surface area (Å²) < 4.78 is 45.3. The van der Waals surface area contributed by atoms with Gasteiger partial charge in [-0.05, 0) is 32.3 Å². The van der Waals surface area contributed by atoms with Crippen LogP contribution in [0.15, 0.2) is 4.42 Å². The smallest absolute Gasteiger partial charge is 0.423 e. The minimum atomic E-state index is -4.64. The van der Waals surface area contributed by atoms with E-state index in [2.05, 4.69) is 30.8 Å². The van der Waals surface area contributed by atoms with Crippen molar-refractivity contribution in [3.8, 4) is 0 Å². The normalized spacial score (nSPS) is 15.1. The van der Waals surface area contributed by atoms with Crippen LogP contribution in [0, 0.1) is 13.8 Å². The Labute approximate surface area is 139 Å². The Balaban J connectivity index is 1.64. The van der Waals surface area contributed by atoms with Crippen LogP contribution in [0.3, 0.4) is 0 Å². The molecule has 1 aliphatic carbocycles. The second kappa shape index (κ2) is 5.39. The van der Waals surface area contributed by atoms with Crippen molar-refractivity contribution in [1.82, 2.24) is 30.0 Å². The van der Waals surface area contributed by atoms with Crippen LogP contribution in [0.25, 0.3) is 5.65 Å². The van der Waals surface area contributed by atoms with Crippen LogP contribution in [-0.2, 0) is 12.7 Å². The number of halogens is 3. The van der Waals surface area contributed by atoms with Crippen molar-refractivity contribution in [2.45, 2.75) is 45.3 Å². The van der Waals surface area contributed by atoms with Gasteiger partial charge in [-0.1, -0.05) is 0 Å². The highest BCUT2D eigenvalue weighted by atomic mass is 19.4. The van der Waals surface area contributed by atoms with Gasteiger partial charge in [-0.2, -0.15) is 17.7 Å². The predicted octanol–water partition coefficient (Wildman–Crippen LogP) is 2.63. The molecule has 132 valence electrons. The number of rotatable bonds is 4. The molecule has 3 aromatic rings. The Kier molecular flexibility index (Phi) is 3.41. The fourth-order valence-electron chi connectivity index (χ4n) is 2.47. The number of aromatic nitrogens is 6. The van der Waals surface area contributed by atoms with Crippen LogP contribution in [0.4, 0.5) is 19.0 Å². The highest BCUT2D eigenvalue weighted by molar-refractivity contribution is 5.58. The SMILES string of the molecule is Cc1c(NCc2nnc(C3CC3)o2)nn2c(C(F)(F)F)nnc2c1C. The molecule has 4 rings (SSSR count). The molecule has 3 heterocycles. The molecule has 0 aliphatic heterocycles. The lowest BCUT2D eigenvalue weighted by Gasteiger charge is -2.11. The van der Waals surface area contributed by atoms with Crippen LogP contribution in [0.2, 0.25) is 0 Å². The summed E-state index contributed by atoms with van der Waals surface area (Å²) in [6, 6.07) is 0. The molecule has 0 bridgehead atoms. The molecular formula is C14H14F3N7O. The van der Waals surface area contributed by atoms with E-state index in [1.807, 2.05) is 0 Å². The first-order valence-electron chi connectivity index (χ1n) is 7.70. The van der Waals surface area contributed by atoms with Gasteiger partial charge in [0.1, 0.15) is 0 Å². The van der Waals surface area contributed by atoms with Gasteiger partial charge in [-0.25, -0.2) is 0 Å². The van der Waals surface area contributed by atoms with Crippen molar-refractivity contribution in [1.29, 1.82) is 0 Å². The molecule has 0 saturated heterocycles. The van der Waals surface area contributed by atoms with Gasteiger partial charge < -0.3 is 9.73 Å². The molecule has 1 aliphatic rings. The summed E-state index contributed by atoms with van der Waals surface area (Å²) in [5.74, 6) is 0.418. The second-order valence-electron chi connectivity index (χ2n) is 6.02. The van der Waals surface area contributed by atoms with Crippen LogP contribution in [0.1, 0.15) is 47.5 Å². The molecule has 3 aromatic heterocycles. The third-order valence-corrected chi connectivity index (χ3v) is 4.16. The molecule has 0 amide bonds. The number of anilines is 1. The fourth-order valence-corrected chi connectivity index (χ4v) is 2.47. The van der Waals surface area contributed by atoms with Gasteiger partial charge in [-0.15, -0.1) is 25.5 Å². The van der Waals surface area contributed by atoms with E-state index in [0.717, 1.165) is 12.8 Å². The van der Waals surface area contributed by atoms with E-state index in [0.29, 0.717) is 33.3 Å². The highest BCUT2D eigenvalue weighted by Crippen LogP contribution is 2.39. The zero-order valence-electron chi connectivity index (χ0n) is 13.4. The molecule has 1 fully saturated rings. The zero-order chi connectivity index (χ0) is 17.8. The molecule has 8 nitrogen and oxygen atoms in total. The fraction of sp³-hybridized carbons (Fsp3) is 0.500. The maximum absolute atomic E-state index is 13.0. The van der Waals surface area contributed by atoms with E-state index in [1.54, 1.807) is 13.8 Å². The summed E-state index contributed by atoms with van der Waals surface area (Å²) in [5, 5.41) is 21.7. The number of hydrogen-bond acceptors (Lipinski definition) is 7. The summed E-state index contributed by atoms with van der Waals surface area (Å²) in [6.07, 6.45) is -2.56. The lowest BCUT2D eigenvalue weighted by molar-refractivity contribution is -0.146. The minimum absolute atomic E-state index is 0.0733. The van der Waals surface area contributed by atoms with Gasteiger partial charge >= 0.3 is 6.18 Å². The number of nitrogens with one attached hydrogen (secondary N) is 1. The minimum Gasteiger partial charge on any atom is -0.423 e. The van der Waals surface area contributed by atoms with Gasteiger partial charge in [0.15, 0.2) is 11.5 Å². The zero-order valence-corrected chi connectivity index (χ0v) is 13.4. The Morgan fingerprint density at radius 1 is 1.12 bits per heavy atom. The van der Waals surface area contributed by atoms with Gasteiger partial charge in [0.05, 0.1) is 6.54 Å². The second-order valence-corrected chi connectivity index (χ2v) is 6.02. The average molecular weight is 353 g/mol. The van der Waals surface area contributed by atoms with Crippen molar-refractivity contribution in [3.05, 3.63) is 28.7 Å². The van der Waals surface area contributed by atoms with Crippen molar-refractivity contribution < 1.29 is 17.6 Å². The first kappa shape index (κ1) is 15.8. The summed E-state index contributed by atoms with van der Waals surface area (Å²) in [7, 11) is 0. The molecular weight excluding hydrogens is 339 g/mol. The predicted molar refractivity (Wildman–Crippen MR) is 78.9 cm³/mol. The molecule has 0 spiro atoms. The summed E-state index contributed by atoms with van der Waals surface area (Å²) >= 11 is 0. The standard InChI is InChI=1S/C14H14F3N7O/c1-6-7(2)11-20-22-13(14(15,16)17)24(11)23-10(6)18-5-9-19-21-12(25-9)8-3-4-8/h8H,3-5H2,1-2H3,(H,18,23). The van der Waals surface area contributed by atoms with E-state index in [4.69, 9.17) is 4.42 Å². The Bertz CT molecular complexity index is 942. The third kappa shape index (κ3) is 2.79. The maximum Gasteiger partial charge on any atom is 0.453 e. The molecule has 1 saturated carbocycles. The van der Waals surface area contributed by atoms with Crippen molar-refractivity contribution >= 4 is 11.5 Å². The van der Waals surface area contributed by atoms with Crippen LogP contribution < -0.4 is 5.32 Å². The van der Waals surface area contributed by atoms with Crippen molar-refractivity contribution in [2.24, 2.45) is 0 Å². The maximum atomic E-state index is 13.0. The van der Waals surface area contributed by atoms with E-state index >= 15 is 0 Å². The van der Waals surface area contributed by atoms with Gasteiger partial charge in [0.2, 0.25) is 11.8 Å². The van der Waals surface area contributed by atoms with Crippen molar-refractivity contribution in [3.63, 3.8) is 0 Å². The lowest BCUT2D eigenvalue weighted by Crippen LogP contribution is -2.15. The van der Waals surface area contributed by atoms with Crippen LogP contribution >= 0.6 is 0 Å². The number of alkyl halides is 3. The molecule has 11 heteroatoms. The summed E-state index contributed by atoms with van der Waals surface area (Å²) in [6.45, 7) is 3.59. The van der Waals surface area contributed by atoms with Gasteiger partial charge in [0.25, 0.3) is 5.82 Å². The molecule has 0 radical (unpaired) electrons. The number of nitrogens with zero attached hydrogens (tertiary/aromatic N) is 6. The summed E-state index contributed by atoms with van der Waals surface area (Å²) in [4.78, 5) is 0. The Morgan fingerprint density at radius 3 is 2.56 bits per heavy atom. The highest BCUT2D eigenvalue weighted by Gasteiger charge is 2.38. The summed E-state index contributed by atoms with van der Waals surface area (Å²) in [5.41, 5.74) is 1.31. The lowest BCUT2D eigenvalue weighted by atomic mass is 10.2. The molecule has 0 aromatic carbocycles. The van der Waals surface area contributed by atoms with Gasteiger partial charge in [-0.3, -0.25) is 0 Å². The Hall–Kier alpha value is -2.72. The van der Waals surface area contributed by atoms with Gasteiger partial charge in [0, 0.05) is 11.5 Å². The first-order valence-corrected chi connectivity index (χ1v) is 7.70. The quantitative estimate of drug-likeness (QED) is 0.770. The number of aryl methyl sites for hydroxylation is 1. The number of hydrogen-bond donors (Lipinski definition) is 1. The molecule has 1 N–H and O–H groups in total. The molecule has 25 heavy (non-hydrogen) atoms. The topological polar surface area (TPSA) is 94.0 Å². The van der Waals surface area contributed by atoms with Crippen LogP contribution in [-0.4, -0.2) is 30.0 Å². The van der Waals surface area contributed by atoms with E-state index < -0.39 is 12.0 Å². The van der Waals surface area contributed by atoms with E-state index in [9.17, 15) is 13.2 Å². The third-order valence-electron chi connectivity index (χ3n) is 4.16. The van der Waals surface area contributed by atoms with E-state index in [-0.39, 0.29) is 18.0 Å². The van der Waals surface area contributed by atoms with E-state index in [1.165, 1.54) is 0 Å². The molecule has 0 unspecified atom stereocenters. The van der Waals surface area contributed by atoms with Crippen molar-refractivity contribution in [2.75, 3.05) is 5.32 Å². The van der Waals surface area contributed by atoms with Crippen LogP contribution in [0.5, 0.6) is 0 Å². The average Bonchev–Trinajstić information content (AvgIpc) is 3.13. The Morgan fingerprint density at radius 2 is 1.88 bits per heavy atom. The largest absolute Gasteiger partial charge is 0.453 e. The molecule has 0 atom stereocenters. The number of fused-ring (bicyclic) bond motifs is 1. The monoisotopic (exact) mass is 353 g/mol. The first-order chi connectivity index (χ1) is 11.8.